The summed E-state index contributed by atoms with van der Waals surface area (Å²) in [5.41, 5.74) is 3.47. The molecule has 2 N–H and O–H groups in total. The number of carboxylic acids is 1. The van der Waals surface area contributed by atoms with Crippen molar-refractivity contribution in [2.45, 2.75) is 53.1 Å². The lowest BCUT2D eigenvalue weighted by atomic mass is 10.1. The van der Waals surface area contributed by atoms with Gasteiger partial charge in [-0.3, -0.25) is 9.48 Å². The van der Waals surface area contributed by atoms with E-state index in [0.717, 1.165) is 12.2 Å². The third-order valence-electron chi connectivity index (χ3n) is 3.19. The lowest BCUT2D eigenvalue weighted by Crippen LogP contribution is -2.21. The molecule has 0 aliphatic rings. The van der Waals surface area contributed by atoms with Crippen LogP contribution in [-0.4, -0.2) is 27.4 Å². The molecule has 1 rings (SSSR count). The fourth-order valence-electron chi connectivity index (χ4n) is 2.31. The number of nitrogens with one attached hydrogen (secondary N) is 1. The first-order valence-corrected chi connectivity index (χ1v) is 6.46. The lowest BCUT2D eigenvalue weighted by molar-refractivity contribution is -0.137. The Morgan fingerprint density at radius 3 is 2.67 bits per heavy atom. The van der Waals surface area contributed by atoms with E-state index in [0.29, 0.717) is 13.0 Å². The van der Waals surface area contributed by atoms with Crippen LogP contribution in [0.5, 0.6) is 0 Å². The summed E-state index contributed by atoms with van der Waals surface area (Å²) in [5.74, 6) is -0.740. The average molecular weight is 253 g/mol. The highest BCUT2D eigenvalue weighted by Gasteiger charge is 2.16. The van der Waals surface area contributed by atoms with Crippen molar-refractivity contribution in [1.29, 1.82) is 0 Å². The van der Waals surface area contributed by atoms with Crippen molar-refractivity contribution < 1.29 is 9.90 Å². The van der Waals surface area contributed by atoms with Gasteiger partial charge in [0.25, 0.3) is 0 Å². The Bertz CT molecular complexity index is 413. The van der Waals surface area contributed by atoms with E-state index < -0.39 is 5.97 Å². The van der Waals surface area contributed by atoms with Gasteiger partial charge in [-0.15, -0.1) is 0 Å². The van der Waals surface area contributed by atoms with Gasteiger partial charge < -0.3 is 10.4 Å². The van der Waals surface area contributed by atoms with E-state index >= 15 is 0 Å². The Morgan fingerprint density at radius 2 is 2.17 bits per heavy atom. The Morgan fingerprint density at radius 1 is 1.50 bits per heavy atom. The molecule has 0 amide bonds. The largest absolute Gasteiger partial charge is 0.481 e. The van der Waals surface area contributed by atoms with Gasteiger partial charge in [0, 0.05) is 30.3 Å². The minimum atomic E-state index is -0.740. The molecular formula is C13H23N3O2. The fraction of sp³-hybridized carbons (Fsp3) is 0.692. The van der Waals surface area contributed by atoms with Gasteiger partial charge in [-0.2, -0.15) is 5.10 Å². The van der Waals surface area contributed by atoms with Gasteiger partial charge in [0.2, 0.25) is 0 Å². The zero-order chi connectivity index (χ0) is 13.7. The van der Waals surface area contributed by atoms with Crippen LogP contribution in [-0.2, 0) is 11.3 Å². The molecule has 0 aliphatic carbocycles. The molecule has 1 aromatic heterocycles. The Hall–Kier alpha value is -1.36. The molecule has 0 radical (unpaired) electrons. The van der Waals surface area contributed by atoms with E-state index in [-0.39, 0.29) is 12.5 Å². The van der Waals surface area contributed by atoms with Crippen LogP contribution in [0, 0.1) is 13.8 Å². The second-order valence-electron chi connectivity index (χ2n) is 4.57. The van der Waals surface area contributed by atoms with E-state index in [2.05, 4.69) is 31.2 Å². The monoisotopic (exact) mass is 253 g/mol. The maximum Gasteiger partial charge on any atom is 0.303 e. The number of nitrogens with zero attached hydrogens (tertiary/aromatic N) is 2. The molecule has 0 aromatic carbocycles. The van der Waals surface area contributed by atoms with Crippen molar-refractivity contribution in [3.63, 3.8) is 0 Å². The van der Waals surface area contributed by atoms with Gasteiger partial charge in [-0.25, -0.2) is 0 Å². The van der Waals surface area contributed by atoms with E-state index in [1.807, 2.05) is 11.6 Å². The molecule has 1 atom stereocenters. The second-order valence-corrected chi connectivity index (χ2v) is 4.57. The van der Waals surface area contributed by atoms with E-state index in [1.54, 1.807) is 0 Å². The quantitative estimate of drug-likeness (QED) is 0.730. The molecule has 102 valence electrons. The van der Waals surface area contributed by atoms with Gasteiger partial charge in [0.15, 0.2) is 0 Å². The van der Waals surface area contributed by atoms with E-state index in [9.17, 15) is 4.79 Å². The molecule has 0 aliphatic heterocycles. The highest BCUT2D eigenvalue weighted by molar-refractivity contribution is 5.66. The first-order valence-electron chi connectivity index (χ1n) is 6.46. The van der Waals surface area contributed by atoms with Gasteiger partial charge in [-0.05, 0) is 40.7 Å². The number of rotatable bonds is 7. The molecule has 18 heavy (non-hydrogen) atoms. The summed E-state index contributed by atoms with van der Waals surface area (Å²) in [5, 5.41) is 16.4. The molecule has 0 saturated heterocycles. The summed E-state index contributed by atoms with van der Waals surface area (Å²) in [6.07, 6.45) is 0.867. The third kappa shape index (κ3) is 3.57. The Labute approximate surface area is 108 Å². The predicted molar refractivity (Wildman–Crippen MR) is 70.7 cm³/mol. The maximum absolute atomic E-state index is 10.4. The molecule has 5 nitrogen and oxygen atoms in total. The predicted octanol–water partition coefficient (Wildman–Crippen LogP) is 2.04. The van der Waals surface area contributed by atoms with E-state index in [1.165, 1.54) is 11.3 Å². The third-order valence-corrected chi connectivity index (χ3v) is 3.19. The number of aromatic nitrogens is 2. The van der Waals surface area contributed by atoms with Crippen LogP contribution in [0.4, 0.5) is 0 Å². The Kier molecular flexibility index (Phi) is 5.34. The zero-order valence-electron chi connectivity index (χ0n) is 11.7. The van der Waals surface area contributed by atoms with Crippen LogP contribution in [0.1, 0.15) is 49.7 Å². The van der Waals surface area contributed by atoms with Crippen LogP contribution >= 0.6 is 0 Å². The number of hydrogen-bond donors (Lipinski definition) is 2. The summed E-state index contributed by atoms with van der Waals surface area (Å²) in [6, 6.07) is 0.207. The molecule has 0 bridgehead atoms. The highest BCUT2D eigenvalue weighted by atomic mass is 16.4. The van der Waals surface area contributed by atoms with Crippen molar-refractivity contribution in [1.82, 2.24) is 15.1 Å². The average Bonchev–Trinajstić information content (AvgIpc) is 2.59. The topological polar surface area (TPSA) is 67.2 Å². The number of aliphatic carboxylic acids is 1. The molecule has 1 heterocycles. The molecular weight excluding hydrogens is 230 g/mol. The summed E-state index contributed by atoms with van der Waals surface area (Å²) in [4.78, 5) is 10.4. The molecule has 0 spiro atoms. The first kappa shape index (κ1) is 14.7. The molecule has 0 saturated carbocycles. The number of carbonyl (C=O) groups is 1. The number of carboxylic acid groups (broad SMARTS) is 1. The molecule has 5 heteroatoms. The van der Waals surface area contributed by atoms with Crippen molar-refractivity contribution in [2.24, 2.45) is 0 Å². The summed E-state index contributed by atoms with van der Waals surface area (Å²) < 4.78 is 2.00. The van der Waals surface area contributed by atoms with Crippen molar-refractivity contribution >= 4 is 5.97 Å². The fourth-order valence-corrected chi connectivity index (χ4v) is 2.31. The van der Waals surface area contributed by atoms with Crippen molar-refractivity contribution in [3.8, 4) is 0 Å². The van der Waals surface area contributed by atoms with Gasteiger partial charge >= 0.3 is 5.97 Å². The van der Waals surface area contributed by atoms with Crippen molar-refractivity contribution in [3.05, 3.63) is 17.0 Å². The van der Waals surface area contributed by atoms with Gasteiger partial charge in [-0.1, -0.05) is 0 Å². The molecule has 1 unspecified atom stereocenters. The van der Waals surface area contributed by atoms with Crippen LogP contribution in [0.25, 0.3) is 0 Å². The summed E-state index contributed by atoms with van der Waals surface area (Å²) in [7, 11) is 0. The maximum atomic E-state index is 10.4. The van der Waals surface area contributed by atoms with Crippen LogP contribution in [0.15, 0.2) is 0 Å². The minimum Gasteiger partial charge on any atom is -0.481 e. The van der Waals surface area contributed by atoms with Crippen LogP contribution in [0.2, 0.25) is 0 Å². The summed E-state index contributed by atoms with van der Waals surface area (Å²) >= 11 is 0. The smallest absolute Gasteiger partial charge is 0.303 e. The number of aryl methyl sites for hydroxylation is 2. The SMILES string of the molecule is CCn1nc(C)c(C(C)NCCCC(=O)O)c1C. The second kappa shape index (κ2) is 6.54. The van der Waals surface area contributed by atoms with Crippen LogP contribution in [0.3, 0.4) is 0 Å². The minimum absolute atomic E-state index is 0.207. The Balaban J connectivity index is 2.58. The van der Waals surface area contributed by atoms with Gasteiger partial charge in [0.05, 0.1) is 5.69 Å². The summed E-state index contributed by atoms with van der Waals surface area (Å²) in [6.45, 7) is 9.85. The normalized spacial score (nSPS) is 12.7. The van der Waals surface area contributed by atoms with Gasteiger partial charge in [0.1, 0.15) is 0 Å². The van der Waals surface area contributed by atoms with Crippen LogP contribution < -0.4 is 5.32 Å². The van der Waals surface area contributed by atoms with Crippen molar-refractivity contribution in [2.75, 3.05) is 6.54 Å². The molecule has 0 fully saturated rings. The lowest BCUT2D eigenvalue weighted by Gasteiger charge is -2.14. The highest BCUT2D eigenvalue weighted by Crippen LogP contribution is 2.21. The number of hydrogen-bond acceptors (Lipinski definition) is 3. The standard InChI is InChI=1S/C13H23N3O2/c1-5-16-11(4)13(10(3)15-16)9(2)14-8-6-7-12(17)18/h9,14H,5-8H2,1-4H3,(H,17,18). The first-order chi connectivity index (χ1) is 8.47. The molecule has 1 aromatic rings. The van der Waals surface area contributed by atoms with E-state index in [4.69, 9.17) is 5.11 Å². The zero-order valence-corrected chi connectivity index (χ0v) is 11.7.